The minimum absolute atomic E-state index is 0.0113. The Morgan fingerprint density at radius 3 is 2.83 bits per heavy atom. The van der Waals surface area contributed by atoms with Crippen LogP contribution < -0.4 is 9.64 Å². The molecular weight excluding hydrogens is 543 g/mol. The lowest BCUT2D eigenvalue weighted by atomic mass is 9.69. The van der Waals surface area contributed by atoms with Crippen LogP contribution in [-0.2, 0) is 29.5 Å². The second-order valence-corrected chi connectivity index (χ2v) is 12.4. The summed E-state index contributed by atoms with van der Waals surface area (Å²) in [4.78, 5) is 28.3. The van der Waals surface area contributed by atoms with Crippen molar-refractivity contribution in [3.63, 3.8) is 0 Å². The lowest BCUT2D eigenvalue weighted by Gasteiger charge is -2.42. The summed E-state index contributed by atoms with van der Waals surface area (Å²) in [5.41, 5.74) is 4.82. The van der Waals surface area contributed by atoms with Crippen molar-refractivity contribution in [2.24, 2.45) is 0 Å². The first-order chi connectivity index (χ1) is 19.8. The molecule has 0 bridgehead atoms. The highest BCUT2D eigenvalue weighted by Gasteiger charge is 2.44. The Morgan fingerprint density at radius 2 is 2.07 bits per heavy atom. The minimum Gasteiger partial charge on any atom is -0.462 e. The van der Waals surface area contributed by atoms with Gasteiger partial charge in [-0.1, -0.05) is 24.2 Å². The lowest BCUT2D eigenvalue weighted by Crippen LogP contribution is -2.55. The third-order valence-electron chi connectivity index (χ3n) is 9.60. The summed E-state index contributed by atoms with van der Waals surface area (Å²) in [5.74, 6) is -0.943. The number of carbonyl (C=O) groups excluding carboxylic acids is 1. The maximum absolute atomic E-state index is 13.8. The Hall–Kier alpha value is -3.22. The molecule has 0 saturated carbocycles. The number of anilines is 1. The van der Waals surface area contributed by atoms with Crippen molar-refractivity contribution in [1.82, 2.24) is 19.8 Å². The fourth-order valence-electron chi connectivity index (χ4n) is 7.35. The van der Waals surface area contributed by atoms with Crippen LogP contribution in [0.25, 0.3) is 0 Å². The molecule has 2 aliphatic heterocycles. The molecule has 4 aliphatic rings. The molecule has 6 rings (SSSR count). The number of aryl methyl sites for hydroxylation is 1. The van der Waals surface area contributed by atoms with Crippen LogP contribution in [-0.4, -0.2) is 77.6 Å². The number of piperazine rings is 1. The summed E-state index contributed by atoms with van der Waals surface area (Å²) in [5, 5.41) is 10.3. The van der Waals surface area contributed by atoms with Gasteiger partial charge in [0.15, 0.2) is 5.83 Å². The highest BCUT2D eigenvalue weighted by atomic mass is 35.5. The van der Waals surface area contributed by atoms with E-state index in [9.17, 15) is 14.4 Å². The second kappa shape index (κ2) is 11.2. The van der Waals surface area contributed by atoms with Crippen molar-refractivity contribution >= 4 is 23.3 Å². The van der Waals surface area contributed by atoms with E-state index in [1.807, 2.05) is 6.07 Å². The molecule has 8 nitrogen and oxygen atoms in total. The molecule has 1 amide bonds. The molecule has 10 heteroatoms. The van der Waals surface area contributed by atoms with Gasteiger partial charge >= 0.3 is 6.01 Å². The molecule has 3 heterocycles. The van der Waals surface area contributed by atoms with E-state index in [2.05, 4.69) is 41.6 Å². The number of fused-ring (bicyclic) bond motifs is 3. The number of hydrogen-bond donors (Lipinski definition) is 0. The van der Waals surface area contributed by atoms with Gasteiger partial charge < -0.3 is 19.4 Å². The number of halogens is 2. The number of nitriles is 1. The maximum atomic E-state index is 13.8. The van der Waals surface area contributed by atoms with Crippen LogP contribution >= 0.6 is 11.6 Å². The quantitative estimate of drug-likeness (QED) is 0.470. The summed E-state index contributed by atoms with van der Waals surface area (Å²) in [6.45, 7) is 5.91. The van der Waals surface area contributed by atoms with Crippen molar-refractivity contribution < 1.29 is 13.9 Å². The Morgan fingerprint density at radius 1 is 1.24 bits per heavy atom. The standard InChI is InChI=1S/C31H36ClFN6O2/c1-20(33)29(40)39-15-14-38(18-23(39)9-12-34)28-25-8-11-31(10-7-21-16-22(32)5-6-26(21)31)17-27(25)35-30(36-28)41-19-24-4-3-13-37(24)2/h5-6,16,23-24H,1,3-4,7-11,13-15,17-19H2,2H3. The number of likely N-dealkylation sites (N-methyl/N-ethyl adjacent to an activating group) is 1. The van der Waals surface area contributed by atoms with Crippen LogP contribution in [0, 0.1) is 11.3 Å². The largest absolute Gasteiger partial charge is 0.462 e. The third-order valence-corrected chi connectivity index (χ3v) is 9.83. The number of nitrogens with zero attached hydrogens (tertiary/aromatic N) is 6. The third kappa shape index (κ3) is 5.28. The van der Waals surface area contributed by atoms with E-state index >= 15 is 0 Å². The topological polar surface area (TPSA) is 85.6 Å². The molecule has 41 heavy (non-hydrogen) atoms. The van der Waals surface area contributed by atoms with Gasteiger partial charge in [-0.25, -0.2) is 4.39 Å². The zero-order valence-corrected chi connectivity index (χ0v) is 24.3. The van der Waals surface area contributed by atoms with E-state index in [0.717, 1.165) is 73.6 Å². The van der Waals surface area contributed by atoms with Gasteiger partial charge in [0.2, 0.25) is 0 Å². The normalized spacial score (nSPS) is 25.6. The number of carbonyl (C=O) groups is 1. The fraction of sp³-hybridized carbons (Fsp3) is 0.548. The number of rotatable bonds is 6. The van der Waals surface area contributed by atoms with E-state index in [-0.39, 0.29) is 18.4 Å². The fourth-order valence-corrected chi connectivity index (χ4v) is 7.54. The summed E-state index contributed by atoms with van der Waals surface area (Å²) >= 11 is 6.32. The number of amides is 1. The van der Waals surface area contributed by atoms with Gasteiger partial charge in [0.1, 0.15) is 12.4 Å². The highest BCUT2D eigenvalue weighted by Crippen LogP contribution is 2.49. The van der Waals surface area contributed by atoms with Crippen molar-refractivity contribution in [1.29, 1.82) is 5.26 Å². The minimum atomic E-state index is -1.00. The summed E-state index contributed by atoms with van der Waals surface area (Å²) in [6.07, 6.45) is 7.01. The van der Waals surface area contributed by atoms with E-state index in [1.54, 1.807) is 0 Å². The first kappa shape index (κ1) is 27.9. The lowest BCUT2D eigenvalue weighted by molar-refractivity contribution is -0.131. The Labute approximate surface area is 245 Å². The van der Waals surface area contributed by atoms with Gasteiger partial charge in [-0.05, 0) is 81.8 Å². The number of hydrogen-bond acceptors (Lipinski definition) is 7. The molecule has 2 saturated heterocycles. The Kier molecular flexibility index (Phi) is 7.64. The summed E-state index contributed by atoms with van der Waals surface area (Å²) in [6, 6.07) is 8.68. The van der Waals surface area contributed by atoms with Crippen LogP contribution in [0.15, 0.2) is 30.6 Å². The van der Waals surface area contributed by atoms with E-state index < -0.39 is 17.8 Å². The first-order valence-electron chi connectivity index (χ1n) is 14.6. The van der Waals surface area contributed by atoms with Gasteiger partial charge in [-0.3, -0.25) is 4.79 Å². The maximum Gasteiger partial charge on any atom is 0.318 e. The van der Waals surface area contributed by atoms with Crippen LogP contribution in [0.3, 0.4) is 0 Å². The van der Waals surface area contributed by atoms with Crippen LogP contribution in [0.1, 0.15) is 54.5 Å². The molecule has 1 aromatic carbocycles. The summed E-state index contributed by atoms with van der Waals surface area (Å²) in [7, 11) is 2.12. The average Bonchev–Trinajstić information content (AvgIpc) is 3.53. The van der Waals surface area contributed by atoms with E-state index in [0.29, 0.717) is 31.7 Å². The molecule has 1 aromatic heterocycles. The molecule has 0 N–H and O–H groups in total. The zero-order valence-electron chi connectivity index (χ0n) is 23.5. The van der Waals surface area contributed by atoms with Gasteiger partial charge in [0, 0.05) is 41.7 Å². The van der Waals surface area contributed by atoms with Crippen molar-refractivity contribution in [2.45, 2.75) is 68.9 Å². The average molecular weight is 579 g/mol. The van der Waals surface area contributed by atoms with Gasteiger partial charge in [0.25, 0.3) is 5.91 Å². The predicted octanol–water partition coefficient (Wildman–Crippen LogP) is 4.39. The first-order valence-corrected chi connectivity index (χ1v) is 14.9. The SMILES string of the molecule is C=C(F)C(=O)N1CCN(c2nc(OCC3CCCN3C)nc3c2CCC2(CCc4cc(Cl)ccc42)C3)CC1CC#N. The van der Waals surface area contributed by atoms with Gasteiger partial charge in [0.05, 0.1) is 24.2 Å². The number of benzene rings is 1. The molecule has 2 fully saturated rings. The van der Waals surface area contributed by atoms with Crippen LogP contribution in [0.4, 0.5) is 10.2 Å². The smallest absolute Gasteiger partial charge is 0.318 e. The van der Waals surface area contributed by atoms with Gasteiger partial charge in [-0.15, -0.1) is 0 Å². The Balaban J connectivity index is 1.33. The van der Waals surface area contributed by atoms with Crippen LogP contribution in [0.2, 0.25) is 5.02 Å². The van der Waals surface area contributed by atoms with Crippen LogP contribution in [0.5, 0.6) is 6.01 Å². The Bertz CT molecular complexity index is 1410. The van der Waals surface area contributed by atoms with Crippen molar-refractivity contribution in [2.75, 3.05) is 44.7 Å². The molecule has 2 aromatic rings. The second-order valence-electron chi connectivity index (χ2n) is 12.0. The molecule has 1 spiro atoms. The highest BCUT2D eigenvalue weighted by molar-refractivity contribution is 6.30. The molecule has 216 valence electrons. The number of ether oxygens (including phenoxy) is 1. The summed E-state index contributed by atoms with van der Waals surface area (Å²) < 4.78 is 20.0. The monoisotopic (exact) mass is 578 g/mol. The molecule has 3 atom stereocenters. The molecule has 2 aliphatic carbocycles. The van der Waals surface area contributed by atoms with E-state index in [4.69, 9.17) is 26.3 Å². The predicted molar refractivity (Wildman–Crippen MR) is 155 cm³/mol. The molecule has 3 unspecified atom stereocenters. The molecule has 0 radical (unpaired) electrons. The van der Waals surface area contributed by atoms with E-state index in [1.165, 1.54) is 16.0 Å². The molecular formula is C31H36ClFN6O2. The van der Waals surface area contributed by atoms with Crippen molar-refractivity contribution in [3.05, 3.63) is 58.0 Å². The number of aromatic nitrogens is 2. The van der Waals surface area contributed by atoms with Gasteiger partial charge in [-0.2, -0.15) is 15.2 Å². The number of likely N-dealkylation sites (tertiary alicyclic amines) is 1. The zero-order chi connectivity index (χ0) is 28.7. The van der Waals surface area contributed by atoms with Crippen molar-refractivity contribution in [3.8, 4) is 12.1 Å².